The molecule has 0 radical (unpaired) electrons. The van der Waals surface area contributed by atoms with Crippen molar-refractivity contribution in [2.75, 3.05) is 12.4 Å². The number of rotatable bonds is 4. The van der Waals surface area contributed by atoms with Gasteiger partial charge in [-0.05, 0) is 30.5 Å². The van der Waals surface area contributed by atoms with Crippen molar-refractivity contribution in [1.29, 1.82) is 0 Å². The van der Waals surface area contributed by atoms with Crippen molar-refractivity contribution >= 4 is 17.6 Å². The Hall–Kier alpha value is -2.62. The first-order valence-corrected chi connectivity index (χ1v) is 8.22. The molecule has 1 amide bonds. The summed E-state index contributed by atoms with van der Waals surface area (Å²) in [4.78, 5) is 25.1. The molecular formula is C20H21NO3. The first kappa shape index (κ1) is 16.2. The van der Waals surface area contributed by atoms with E-state index in [1.807, 2.05) is 30.3 Å². The Bertz CT molecular complexity index is 734. The van der Waals surface area contributed by atoms with Crippen LogP contribution in [-0.2, 0) is 14.9 Å². The standard InChI is InChI=1S/C20H21NO3/c1-24-18(22)16-11-5-6-12-17(16)21-19(23)20(13-7-8-14-20)15-9-3-2-4-10-15/h2-6,9-12H,7-8,13-14H2,1H3,(H,21,23). The second-order valence-corrected chi connectivity index (χ2v) is 6.15. The van der Waals surface area contributed by atoms with Gasteiger partial charge in [-0.2, -0.15) is 0 Å². The minimum Gasteiger partial charge on any atom is -0.465 e. The van der Waals surface area contributed by atoms with Crippen LogP contribution in [0.3, 0.4) is 0 Å². The number of nitrogens with one attached hydrogen (secondary N) is 1. The van der Waals surface area contributed by atoms with Gasteiger partial charge in [0, 0.05) is 0 Å². The second kappa shape index (κ2) is 6.87. The largest absolute Gasteiger partial charge is 0.465 e. The lowest BCUT2D eigenvalue weighted by Crippen LogP contribution is -2.38. The van der Waals surface area contributed by atoms with Gasteiger partial charge in [0.25, 0.3) is 0 Å². The molecule has 0 atom stereocenters. The molecule has 0 saturated heterocycles. The van der Waals surface area contributed by atoms with Gasteiger partial charge >= 0.3 is 5.97 Å². The molecule has 1 aliphatic carbocycles. The minimum absolute atomic E-state index is 0.0532. The molecule has 0 unspecified atom stereocenters. The Morgan fingerprint density at radius 2 is 1.58 bits per heavy atom. The summed E-state index contributed by atoms with van der Waals surface area (Å²) in [6, 6.07) is 16.8. The molecule has 0 aliphatic heterocycles. The van der Waals surface area contributed by atoms with E-state index in [9.17, 15) is 9.59 Å². The highest BCUT2D eigenvalue weighted by atomic mass is 16.5. The third kappa shape index (κ3) is 2.92. The molecular weight excluding hydrogens is 302 g/mol. The van der Waals surface area contributed by atoms with Gasteiger partial charge in [-0.3, -0.25) is 4.79 Å². The van der Waals surface area contributed by atoms with Crippen LogP contribution in [0.4, 0.5) is 5.69 Å². The predicted molar refractivity (Wildman–Crippen MR) is 93.0 cm³/mol. The van der Waals surface area contributed by atoms with Crippen molar-refractivity contribution in [3.05, 3.63) is 65.7 Å². The fourth-order valence-corrected chi connectivity index (χ4v) is 3.50. The zero-order valence-corrected chi connectivity index (χ0v) is 13.7. The highest BCUT2D eigenvalue weighted by Crippen LogP contribution is 2.42. The molecule has 2 aromatic carbocycles. The average molecular weight is 323 g/mol. The maximum Gasteiger partial charge on any atom is 0.339 e. The number of carbonyl (C=O) groups excluding carboxylic acids is 2. The van der Waals surface area contributed by atoms with Gasteiger partial charge in [0.05, 0.1) is 23.8 Å². The topological polar surface area (TPSA) is 55.4 Å². The zero-order chi connectivity index (χ0) is 17.0. The molecule has 24 heavy (non-hydrogen) atoms. The predicted octanol–water partition coefficient (Wildman–Crippen LogP) is 3.92. The quantitative estimate of drug-likeness (QED) is 0.868. The normalized spacial score (nSPS) is 15.7. The number of amides is 1. The van der Waals surface area contributed by atoms with Crippen molar-refractivity contribution in [2.45, 2.75) is 31.1 Å². The van der Waals surface area contributed by atoms with Crippen LogP contribution in [0, 0.1) is 0 Å². The molecule has 1 N–H and O–H groups in total. The molecule has 3 rings (SSSR count). The van der Waals surface area contributed by atoms with Gasteiger partial charge in [0.2, 0.25) is 5.91 Å². The Morgan fingerprint density at radius 3 is 2.25 bits per heavy atom. The minimum atomic E-state index is -0.523. The van der Waals surface area contributed by atoms with Gasteiger partial charge < -0.3 is 10.1 Å². The summed E-state index contributed by atoms with van der Waals surface area (Å²) in [6.07, 6.45) is 3.70. The van der Waals surface area contributed by atoms with Crippen molar-refractivity contribution < 1.29 is 14.3 Å². The maximum absolute atomic E-state index is 13.1. The summed E-state index contributed by atoms with van der Waals surface area (Å²) in [6.45, 7) is 0. The van der Waals surface area contributed by atoms with Crippen LogP contribution < -0.4 is 5.32 Å². The van der Waals surface area contributed by atoms with E-state index < -0.39 is 11.4 Å². The van der Waals surface area contributed by atoms with Crippen LogP contribution in [0.2, 0.25) is 0 Å². The van der Waals surface area contributed by atoms with Crippen LogP contribution in [-0.4, -0.2) is 19.0 Å². The Balaban J connectivity index is 1.93. The molecule has 2 aromatic rings. The second-order valence-electron chi connectivity index (χ2n) is 6.15. The number of ether oxygens (including phenoxy) is 1. The SMILES string of the molecule is COC(=O)c1ccccc1NC(=O)C1(c2ccccc2)CCCC1. The highest BCUT2D eigenvalue weighted by Gasteiger charge is 2.42. The van der Waals surface area contributed by atoms with Crippen molar-refractivity contribution in [2.24, 2.45) is 0 Å². The van der Waals surface area contributed by atoms with Crippen LogP contribution in [0.1, 0.15) is 41.6 Å². The van der Waals surface area contributed by atoms with Crippen LogP contribution in [0.25, 0.3) is 0 Å². The molecule has 0 heterocycles. The lowest BCUT2D eigenvalue weighted by Gasteiger charge is -2.28. The Morgan fingerprint density at radius 1 is 0.958 bits per heavy atom. The van der Waals surface area contributed by atoms with E-state index in [0.29, 0.717) is 11.3 Å². The van der Waals surface area contributed by atoms with Gasteiger partial charge in [-0.15, -0.1) is 0 Å². The summed E-state index contributed by atoms with van der Waals surface area (Å²) >= 11 is 0. The number of hydrogen-bond donors (Lipinski definition) is 1. The van der Waals surface area contributed by atoms with E-state index >= 15 is 0 Å². The molecule has 124 valence electrons. The van der Waals surface area contributed by atoms with Crippen molar-refractivity contribution in [3.63, 3.8) is 0 Å². The lowest BCUT2D eigenvalue weighted by molar-refractivity contribution is -0.121. The number of esters is 1. The van der Waals surface area contributed by atoms with E-state index in [2.05, 4.69) is 5.32 Å². The van der Waals surface area contributed by atoms with E-state index in [1.165, 1.54) is 7.11 Å². The lowest BCUT2D eigenvalue weighted by atomic mass is 9.78. The van der Waals surface area contributed by atoms with Crippen LogP contribution in [0.5, 0.6) is 0 Å². The van der Waals surface area contributed by atoms with E-state index in [-0.39, 0.29) is 5.91 Å². The third-order valence-electron chi connectivity index (χ3n) is 4.80. The van der Waals surface area contributed by atoms with Gasteiger partial charge in [0.15, 0.2) is 0 Å². The summed E-state index contributed by atoms with van der Waals surface area (Å²) in [7, 11) is 1.34. The number of para-hydroxylation sites is 1. The third-order valence-corrected chi connectivity index (χ3v) is 4.80. The van der Waals surface area contributed by atoms with Gasteiger partial charge in [0.1, 0.15) is 0 Å². The van der Waals surface area contributed by atoms with E-state index in [4.69, 9.17) is 4.74 Å². The molecule has 4 nitrogen and oxygen atoms in total. The van der Waals surface area contributed by atoms with Gasteiger partial charge in [-0.25, -0.2) is 4.79 Å². The van der Waals surface area contributed by atoms with Gasteiger partial charge in [-0.1, -0.05) is 55.3 Å². The number of benzene rings is 2. The molecule has 0 bridgehead atoms. The summed E-state index contributed by atoms with van der Waals surface area (Å²) in [5.41, 5.74) is 1.38. The smallest absolute Gasteiger partial charge is 0.339 e. The Labute approximate surface area is 141 Å². The van der Waals surface area contributed by atoms with Crippen molar-refractivity contribution in [3.8, 4) is 0 Å². The number of methoxy groups -OCH3 is 1. The summed E-state index contributed by atoms with van der Waals surface area (Å²) in [5.74, 6) is -0.506. The van der Waals surface area contributed by atoms with E-state index in [0.717, 1.165) is 31.2 Å². The Kier molecular flexibility index (Phi) is 4.65. The van der Waals surface area contributed by atoms with Crippen molar-refractivity contribution in [1.82, 2.24) is 0 Å². The molecule has 1 fully saturated rings. The fourth-order valence-electron chi connectivity index (χ4n) is 3.50. The maximum atomic E-state index is 13.1. The fraction of sp³-hybridized carbons (Fsp3) is 0.300. The van der Waals surface area contributed by atoms with Crippen LogP contribution in [0.15, 0.2) is 54.6 Å². The molecule has 4 heteroatoms. The number of carbonyl (C=O) groups is 2. The average Bonchev–Trinajstić information content (AvgIpc) is 3.13. The molecule has 0 aromatic heterocycles. The zero-order valence-electron chi connectivity index (χ0n) is 13.7. The summed E-state index contributed by atoms with van der Waals surface area (Å²) < 4.78 is 4.80. The molecule has 1 aliphatic rings. The molecule has 1 saturated carbocycles. The highest BCUT2D eigenvalue weighted by molar-refractivity contribution is 6.04. The monoisotopic (exact) mass is 323 g/mol. The first-order chi connectivity index (χ1) is 11.7. The first-order valence-electron chi connectivity index (χ1n) is 8.22. The number of hydrogen-bond acceptors (Lipinski definition) is 3. The molecule has 0 spiro atoms. The van der Waals surface area contributed by atoms with Crippen LogP contribution >= 0.6 is 0 Å². The van der Waals surface area contributed by atoms with E-state index in [1.54, 1.807) is 24.3 Å². The summed E-state index contributed by atoms with van der Waals surface area (Å²) in [5, 5.41) is 2.97. The number of anilines is 1.